The molecule has 0 saturated heterocycles. The summed E-state index contributed by atoms with van der Waals surface area (Å²) < 4.78 is 3.44. The maximum Gasteiger partial charge on any atom is 0.345 e. The summed E-state index contributed by atoms with van der Waals surface area (Å²) in [6.45, 7) is 7.34. The van der Waals surface area contributed by atoms with Crippen molar-refractivity contribution in [3.8, 4) is 0 Å². The Labute approximate surface area is 160 Å². The maximum absolute atomic E-state index is 12.2. The van der Waals surface area contributed by atoms with Gasteiger partial charge in [-0.2, -0.15) is 5.10 Å². The van der Waals surface area contributed by atoms with Gasteiger partial charge in [-0.15, -0.1) is 24.0 Å². The summed E-state index contributed by atoms with van der Waals surface area (Å²) in [5, 5.41) is 11.2. The zero-order chi connectivity index (χ0) is 16.2. The highest BCUT2D eigenvalue weighted by atomic mass is 127. The van der Waals surface area contributed by atoms with Gasteiger partial charge in [0.25, 0.3) is 0 Å². The minimum atomic E-state index is 0. The number of aromatic nitrogens is 3. The summed E-state index contributed by atoms with van der Waals surface area (Å²) in [5.74, 6) is 2.58. The summed E-state index contributed by atoms with van der Waals surface area (Å²) in [5.41, 5.74) is 0.0421. The molecular formula is C16H29IN6O. The van der Waals surface area contributed by atoms with E-state index in [9.17, 15) is 4.79 Å². The SMILES string of the molecule is CCNC(=NCCCn1nc2n(c1=O)CCCC2)NC1CC1C.I. The second-order valence-electron chi connectivity index (χ2n) is 6.61. The first kappa shape index (κ1) is 19.3. The van der Waals surface area contributed by atoms with E-state index in [4.69, 9.17) is 0 Å². The number of guanidine groups is 1. The van der Waals surface area contributed by atoms with Crippen molar-refractivity contribution in [3.63, 3.8) is 0 Å². The van der Waals surface area contributed by atoms with Gasteiger partial charge in [0.1, 0.15) is 5.82 Å². The van der Waals surface area contributed by atoms with Crippen LogP contribution in [-0.4, -0.2) is 39.4 Å². The molecule has 1 fully saturated rings. The molecule has 1 aliphatic carbocycles. The van der Waals surface area contributed by atoms with Crippen molar-refractivity contribution in [1.29, 1.82) is 0 Å². The highest BCUT2D eigenvalue weighted by Crippen LogP contribution is 2.28. The fraction of sp³-hybridized carbons (Fsp3) is 0.812. The molecule has 0 spiro atoms. The Bertz CT molecular complexity index is 623. The van der Waals surface area contributed by atoms with Crippen LogP contribution in [0.15, 0.2) is 9.79 Å². The third-order valence-electron chi connectivity index (χ3n) is 4.61. The van der Waals surface area contributed by atoms with Crippen LogP contribution in [0.3, 0.4) is 0 Å². The minimum Gasteiger partial charge on any atom is -0.357 e. The molecule has 0 amide bonds. The molecule has 2 aliphatic rings. The van der Waals surface area contributed by atoms with E-state index in [1.54, 1.807) is 4.68 Å². The van der Waals surface area contributed by atoms with Gasteiger partial charge in [-0.05, 0) is 38.5 Å². The third-order valence-corrected chi connectivity index (χ3v) is 4.61. The average Bonchev–Trinajstić information content (AvgIpc) is 3.14. The van der Waals surface area contributed by atoms with Crippen LogP contribution in [-0.2, 0) is 19.5 Å². The van der Waals surface area contributed by atoms with Gasteiger partial charge in [0.05, 0.1) is 0 Å². The molecule has 2 unspecified atom stereocenters. The molecule has 1 aliphatic heterocycles. The standard InChI is InChI=1S/C16H28N6O.HI/c1-3-17-15(19-13-11-12(13)2)18-8-6-10-22-16(23)21-9-5-4-7-14(21)20-22;/h12-13H,3-11H2,1-2H3,(H2,17,18,19);1H. The lowest BCUT2D eigenvalue weighted by Gasteiger charge is -2.10. The molecule has 0 aromatic carbocycles. The number of aryl methyl sites for hydroxylation is 2. The fourth-order valence-electron chi connectivity index (χ4n) is 3.02. The van der Waals surface area contributed by atoms with Gasteiger partial charge in [0.15, 0.2) is 5.96 Å². The van der Waals surface area contributed by atoms with Crippen molar-refractivity contribution in [2.45, 2.75) is 65.1 Å². The van der Waals surface area contributed by atoms with Crippen LogP contribution in [0.1, 0.15) is 45.4 Å². The van der Waals surface area contributed by atoms with Crippen molar-refractivity contribution < 1.29 is 0 Å². The van der Waals surface area contributed by atoms with Gasteiger partial charge in [-0.1, -0.05) is 6.92 Å². The minimum absolute atomic E-state index is 0. The molecular weight excluding hydrogens is 419 g/mol. The van der Waals surface area contributed by atoms with Gasteiger partial charge in [0, 0.05) is 38.6 Å². The Morgan fingerprint density at radius 3 is 2.88 bits per heavy atom. The lowest BCUT2D eigenvalue weighted by Crippen LogP contribution is -2.39. The number of nitrogens with zero attached hydrogens (tertiary/aromatic N) is 4. The fourth-order valence-corrected chi connectivity index (χ4v) is 3.02. The molecule has 1 saturated carbocycles. The van der Waals surface area contributed by atoms with E-state index >= 15 is 0 Å². The molecule has 0 bridgehead atoms. The van der Waals surface area contributed by atoms with Crippen LogP contribution in [0, 0.1) is 5.92 Å². The Morgan fingerprint density at radius 2 is 2.21 bits per heavy atom. The zero-order valence-corrected chi connectivity index (χ0v) is 17.0. The highest BCUT2D eigenvalue weighted by molar-refractivity contribution is 14.0. The molecule has 7 nitrogen and oxygen atoms in total. The number of rotatable bonds is 6. The molecule has 1 aromatic rings. The first-order chi connectivity index (χ1) is 11.2. The van der Waals surface area contributed by atoms with Gasteiger partial charge in [-0.25, -0.2) is 9.48 Å². The smallest absolute Gasteiger partial charge is 0.345 e. The molecule has 3 rings (SSSR count). The van der Waals surface area contributed by atoms with Crippen LogP contribution in [0.25, 0.3) is 0 Å². The first-order valence-electron chi connectivity index (χ1n) is 8.90. The Kier molecular flexibility index (Phi) is 7.12. The number of halogens is 1. The number of nitrogens with one attached hydrogen (secondary N) is 2. The van der Waals surface area contributed by atoms with Crippen molar-refractivity contribution in [2.24, 2.45) is 10.9 Å². The Hall–Kier alpha value is -1.06. The molecule has 136 valence electrons. The number of fused-ring (bicyclic) bond motifs is 1. The van der Waals surface area contributed by atoms with Gasteiger partial charge >= 0.3 is 5.69 Å². The predicted octanol–water partition coefficient (Wildman–Crippen LogP) is 1.35. The largest absolute Gasteiger partial charge is 0.357 e. The van der Waals surface area contributed by atoms with Crippen LogP contribution in [0.5, 0.6) is 0 Å². The van der Waals surface area contributed by atoms with Crippen molar-refractivity contribution in [2.75, 3.05) is 13.1 Å². The summed E-state index contributed by atoms with van der Waals surface area (Å²) in [7, 11) is 0. The van der Waals surface area contributed by atoms with E-state index in [2.05, 4.69) is 34.6 Å². The van der Waals surface area contributed by atoms with Crippen LogP contribution in [0.2, 0.25) is 0 Å². The summed E-state index contributed by atoms with van der Waals surface area (Å²) in [4.78, 5) is 16.8. The molecule has 2 atom stereocenters. The number of hydrogen-bond acceptors (Lipinski definition) is 3. The van der Waals surface area contributed by atoms with E-state index in [0.717, 1.165) is 56.5 Å². The molecule has 24 heavy (non-hydrogen) atoms. The molecule has 0 radical (unpaired) electrons. The predicted molar refractivity (Wildman–Crippen MR) is 106 cm³/mol. The zero-order valence-electron chi connectivity index (χ0n) is 14.6. The van der Waals surface area contributed by atoms with Crippen molar-refractivity contribution in [1.82, 2.24) is 25.0 Å². The third kappa shape index (κ3) is 4.73. The average molecular weight is 448 g/mol. The molecule has 2 N–H and O–H groups in total. The lowest BCUT2D eigenvalue weighted by molar-refractivity contribution is 0.509. The van der Waals surface area contributed by atoms with E-state index in [1.165, 1.54) is 6.42 Å². The van der Waals surface area contributed by atoms with Crippen LogP contribution in [0.4, 0.5) is 0 Å². The van der Waals surface area contributed by atoms with Crippen molar-refractivity contribution in [3.05, 3.63) is 16.3 Å². The quantitative estimate of drug-likeness (QED) is 0.298. The molecule has 1 aromatic heterocycles. The van der Waals surface area contributed by atoms with E-state index < -0.39 is 0 Å². The lowest BCUT2D eigenvalue weighted by atomic mass is 10.2. The summed E-state index contributed by atoms with van der Waals surface area (Å²) in [6, 6.07) is 0.565. The topological polar surface area (TPSA) is 76.2 Å². The first-order valence-corrected chi connectivity index (χ1v) is 8.90. The van der Waals surface area contributed by atoms with Crippen LogP contribution < -0.4 is 16.3 Å². The number of hydrogen-bond donors (Lipinski definition) is 2. The second kappa shape index (κ2) is 8.87. The Morgan fingerprint density at radius 1 is 1.42 bits per heavy atom. The second-order valence-corrected chi connectivity index (χ2v) is 6.61. The molecule has 2 heterocycles. The van der Waals surface area contributed by atoms with E-state index in [0.29, 0.717) is 19.1 Å². The highest BCUT2D eigenvalue weighted by Gasteiger charge is 2.33. The summed E-state index contributed by atoms with van der Waals surface area (Å²) in [6.07, 6.45) is 5.19. The monoisotopic (exact) mass is 448 g/mol. The van der Waals surface area contributed by atoms with Crippen molar-refractivity contribution >= 4 is 29.9 Å². The van der Waals surface area contributed by atoms with Gasteiger partial charge < -0.3 is 10.6 Å². The maximum atomic E-state index is 12.2. The van der Waals surface area contributed by atoms with Gasteiger partial charge in [0.2, 0.25) is 0 Å². The Balaban J connectivity index is 0.00000208. The van der Waals surface area contributed by atoms with Crippen LogP contribution >= 0.6 is 24.0 Å². The summed E-state index contributed by atoms with van der Waals surface area (Å²) >= 11 is 0. The van der Waals surface area contributed by atoms with Gasteiger partial charge in [-0.3, -0.25) is 9.56 Å². The van der Waals surface area contributed by atoms with E-state index in [1.807, 2.05) is 4.57 Å². The number of aliphatic imine (C=N–C) groups is 1. The normalized spacial score (nSPS) is 22.5. The van der Waals surface area contributed by atoms with E-state index in [-0.39, 0.29) is 29.7 Å². The molecule has 8 heteroatoms.